The summed E-state index contributed by atoms with van der Waals surface area (Å²) in [4.78, 5) is 15.7. The molecule has 0 spiro atoms. The molecule has 0 radical (unpaired) electrons. The van der Waals surface area contributed by atoms with Crippen LogP contribution in [0.15, 0.2) is 35.7 Å². The summed E-state index contributed by atoms with van der Waals surface area (Å²) in [6, 6.07) is 9.55. The number of H-pyrrole nitrogens is 1. The Morgan fingerprint density at radius 1 is 1.21 bits per heavy atom. The van der Waals surface area contributed by atoms with E-state index >= 15 is 0 Å². The number of carbonyl (C=O) groups excluding carboxylic acids is 1. The zero-order chi connectivity index (χ0) is 18.9. The summed E-state index contributed by atoms with van der Waals surface area (Å²) in [7, 11) is 0. The van der Waals surface area contributed by atoms with E-state index in [0.29, 0.717) is 17.2 Å². The Bertz CT molecular complexity index is 1110. The predicted molar refractivity (Wildman–Crippen MR) is 105 cm³/mol. The molecular weight excluding hydrogens is 376 g/mol. The first-order valence-corrected chi connectivity index (χ1v) is 10.00. The molecule has 1 fully saturated rings. The molecule has 0 unspecified atom stereocenters. The Balaban J connectivity index is 1.31. The maximum atomic E-state index is 12.5. The topological polar surface area (TPSA) is 104 Å². The van der Waals surface area contributed by atoms with Crippen LogP contribution in [0.3, 0.4) is 0 Å². The van der Waals surface area contributed by atoms with Crippen LogP contribution >= 0.6 is 11.3 Å². The highest BCUT2D eigenvalue weighted by atomic mass is 32.1. The van der Waals surface area contributed by atoms with Gasteiger partial charge < -0.3 is 10.2 Å². The zero-order valence-corrected chi connectivity index (χ0v) is 15.8. The largest absolute Gasteiger partial charge is 0.355 e. The second kappa shape index (κ2) is 7.04. The molecule has 0 aliphatic carbocycles. The highest BCUT2D eigenvalue weighted by Gasteiger charge is 2.17. The Kier molecular flexibility index (Phi) is 4.24. The zero-order valence-electron chi connectivity index (χ0n) is 15.0. The standard InChI is InChI=1S/C18H18N8OS/c27-18(13-10-12(20-21-13)14-4-3-9-28-14)19-11-17-23-22-15-5-6-16(24-26(15)17)25-7-1-2-8-25/h3-6,9-10H,1-2,7-8,11H2,(H,19,27)(H,20,21). The fourth-order valence-corrected chi connectivity index (χ4v) is 3.99. The Labute approximate surface area is 164 Å². The van der Waals surface area contributed by atoms with Gasteiger partial charge in [0.1, 0.15) is 5.82 Å². The van der Waals surface area contributed by atoms with E-state index < -0.39 is 0 Å². The molecule has 5 rings (SSSR count). The maximum absolute atomic E-state index is 12.5. The number of nitrogens with zero attached hydrogens (tertiary/aromatic N) is 6. The molecule has 0 atom stereocenters. The summed E-state index contributed by atoms with van der Waals surface area (Å²) in [5, 5.41) is 24.8. The van der Waals surface area contributed by atoms with E-state index in [0.717, 1.165) is 29.5 Å². The minimum Gasteiger partial charge on any atom is -0.355 e. The van der Waals surface area contributed by atoms with Crippen LogP contribution in [0.25, 0.3) is 16.2 Å². The third kappa shape index (κ3) is 3.11. The van der Waals surface area contributed by atoms with Crippen molar-refractivity contribution in [3.8, 4) is 10.6 Å². The molecule has 142 valence electrons. The van der Waals surface area contributed by atoms with Crippen LogP contribution in [0.5, 0.6) is 0 Å². The van der Waals surface area contributed by atoms with Crippen molar-refractivity contribution >= 4 is 28.7 Å². The summed E-state index contributed by atoms with van der Waals surface area (Å²) in [6.45, 7) is 2.24. The predicted octanol–water partition coefficient (Wildman–Crippen LogP) is 2.11. The number of aromatic amines is 1. The second-order valence-electron chi connectivity index (χ2n) is 6.60. The number of carbonyl (C=O) groups is 1. The summed E-state index contributed by atoms with van der Waals surface area (Å²) in [5.74, 6) is 1.22. The van der Waals surface area contributed by atoms with Gasteiger partial charge in [-0.2, -0.15) is 9.61 Å². The lowest BCUT2D eigenvalue weighted by atomic mass is 10.3. The molecule has 1 saturated heterocycles. The lowest BCUT2D eigenvalue weighted by Gasteiger charge is -2.15. The lowest BCUT2D eigenvalue weighted by Crippen LogP contribution is -2.25. The number of aromatic nitrogens is 6. The van der Waals surface area contributed by atoms with Crippen LogP contribution < -0.4 is 10.2 Å². The third-order valence-electron chi connectivity index (χ3n) is 4.75. The first-order valence-electron chi connectivity index (χ1n) is 9.12. The van der Waals surface area contributed by atoms with Gasteiger partial charge in [0, 0.05) is 13.1 Å². The molecule has 5 heterocycles. The van der Waals surface area contributed by atoms with Gasteiger partial charge in [0.15, 0.2) is 17.2 Å². The van der Waals surface area contributed by atoms with E-state index in [-0.39, 0.29) is 12.5 Å². The second-order valence-corrected chi connectivity index (χ2v) is 7.55. The summed E-state index contributed by atoms with van der Waals surface area (Å²) in [5.41, 5.74) is 1.82. The number of hydrogen-bond donors (Lipinski definition) is 2. The van der Waals surface area contributed by atoms with Gasteiger partial charge >= 0.3 is 0 Å². The Morgan fingerprint density at radius 3 is 2.93 bits per heavy atom. The fraction of sp³-hybridized carbons (Fsp3) is 0.278. The summed E-state index contributed by atoms with van der Waals surface area (Å²) in [6.07, 6.45) is 2.36. The van der Waals surface area contributed by atoms with E-state index in [1.54, 1.807) is 21.9 Å². The van der Waals surface area contributed by atoms with Gasteiger partial charge in [-0.05, 0) is 42.5 Å². The third-order valence-corrected chi connectivity index (χ3v) is 5.65. The SMILES string of the molecule is O=C(NCc1nnc2ccc(N3CCCC3)nn12)c1cc(-c2cccs2)[nH]n1. The Hall–Kier alpha value is -3.27. The van der Waals surface area contributed by atoms with Gasteiger partial charge in [0.05, 0.1) is 17.1 Å². The molecule has 28 heavy (non-hydrogen) atoms. The van der Waals surface area contributed by atoms with E-state index in [1.807, 2.05) is 29.6 Å². The molecule has 0 bridgehead atoms. The summed E-state index contributed by atoms with van der Waals surface area (Å²) >= 11 is 1.59. The van der Waals surface area contributed by atoms with Gasteiger partial charge in [0.2, 0.25) is 0 Å². The van der Waals surface area contributed by atoms with Gasteiger partial charge in [-0.25, -0.2) is 0 Å². The molecule has 1 aliphatic rings. The van der Waals surface area contributed by atoms with Crippen molar-refractivity contribution < 1.29 is 4.79 Å². The number of rotatable bonds is 5. The quantitative estimate of drug-likeness (QED) is 0.537. The van der Waals surface area contributed by atoms with E-state index in [2.05, 4.69) is 35.7 Å². The molecule has 2 N–H and O–H groups in total. The van der Waals surface area contributed by atoms with Crippen molar-refractivity contribution in [1.29, 1.82) is 0 Å². The van der Waals surface area contributed by atoms with Crippen molar-refractivity contribution in [3.05, 3.63) is 47.2 Å². The van der Waals surface area contributed by atoms with E-state index in [4.69, 9.17) is 0 Å². The number of nitrogens with one attached hydrogen (secondary N) is 2. The first kappa shape index (κ1) is 16.9. The highest BCUT2D eigenvalue weighted by Crippen LogP contribution is 2.23. The smallest absolute Gasteiger partial charge is 0.272 e. The number of hydrogen-bond acceptors (Lipinski definition) is 7. The van der Waals surface area contributed by atoms with Crippen molar-refractivity contribution in [3.63, 3.8) is 0 Å². The molecular formula is C18H18N8OS. The monoisotopic (exact) mass is 394 g/mol. The molecule has 4 aromatic rings. The molecule has 1 aliphatic heterocycles. The van der Waals surface area contributed by atoms with Crippen LogP contribution in [-0.2, 0) is 6.54 Å². The average molecular weight is 394 g/mol. The number of fused-ring (bicyclic) bond motifs is 1. The molecule has 1 amide bonds. The van der Waals surface area contributed by atoms with E-state index in [1.165, 1.54) is 12.8 Å². The number of anilines is 1. The van der Waals surface area contributed by atoms with Gasteiger partial charge in [-0.3, -0.25) is 9.89 Å². The summed E-state index contributed by atoms with van der Waals surface area (Å²) < 4.78 is 1.69. The lowest BCUT2D eigenvalue weighted by molar-refractivity contribution is 0.0944. The van der Waals surface area contributed by atoms with Crippen LogP contribution in [0.1, 0.15) is 29.2 Å². The highest BCUT2D eigenvalue weighted by molar-refractivity contribution is 7.13. The van der Waals surface area contributed by atoms with Gasteiger partial charge in [-0.1, -0.05) is 6.07 Å². The van der Waals surface area contributed by atoms with E-state index in [9.17, 15) is 4.79 Å². The van der Waals surface area contributed by atoms with Gasteiger partial charge in [0.25, 0.3) is 5.91 Å². The van der Waals surface area contributed by atoms with Crippen LogP contribution in [0.2, 0.25) is 0 Å². The maximum Gasteiger partial charge on any atom is 0.272 e. The Morgan fingerprint density at radius 2 is 2.11 bits per heavy atom. The van der Waals surface area contributed by atoms with Crippen molar-refractivity contribution in [2.24, 2.45) is 0 Å². The van der Waals surface area contributed by atoms with Crippen LogP contribution in [-0.4, -0.2) is 49.0 Å². The molecule has 0 aromatic carbocycles. The minimum absolute atomic E-state index is 0.220. The van der Waals surface area contributed by atoms with Crippen LogP contribution in [0, 0.1) is 0 Å². The molecule has 10 heteroatoms. The number of thiophene rings is 1. The number of amides is 1. The van der Waals surface area contributed by atoms with Crippen molar-refractivity contribution in [1.82, 2.24) is 35.3 Å². The molecule has 9 nitrogen and oxygen atoms in total. The average Bonchev–Trinajstić information content (AvgIpc) is 3.52. The molecule has 4 aromatic heterocycles. The van der Waals surface area contributed by atoms with Crippen LogP contribution in [0.4, 0.5) is 5.82 Å². The van der Waals surface area contributed by atoms with Gasteiger partial charge in [-0.15, -0.1) is 26.6 Å². The fourth-order valence-electron chi connectivity index (χ4n) is 3.29. The molecule has 0 saturated carbocycles. The van der Waals surface area contributed by atoms with Crippen molar-refractivity contribution in [2.75, 3.05) is 18.0 Å². The normalized spacial score (nSPS) is 14.1. The minimum atomic E-state index is -0.272. The first-order chi connectivity index (χ1) is 13.8. The van der Waals surface area contributed by atoms with Crippen molar-refractivity contribution in [2.45, 2.75) is 19.4 Å².